The maximum Gasteiger partial charge on any atom is 0.307 e. The molecule has 1 fully saturated rings. The molecule has 0 amide bonds. The van der Waals surface area contributed by atoms with E-state index < -0.39 is 0 Å². The van der Waals surface area contributed by atoms with Gasteiger partial charge in [-0.2, -0.15) is 0 Å². The predicted molar refractivity (Wildman–Crippen MR) is 213 cm³/mol. The zero-order valence-corrected chi connectivity index (χ0v) is 33.5. The fourth-order valence-electron chi connectivity index (χ4n) is 6.97. The maximum atomic E-state index is 12.6. The van der Waals surface area contributed by atoms with Crippen LogP contribution in [0, 0.1) is 0 Å². The van der Waals surface area contributed by atoms with Crippen LogP contribution in [0.2, 0.25) is 0 Å². The molecule has 292 valence electrons. The van der Waals surface area contributed by atoms with E-state index in [0.717, 1.165) is 45.3 Å². The highest BCUT2D eigenvalue weighted by Gasteiger charge is 2.34. The summed E-state index contributed by atoms with van der Waals surface area (Å²) in [5.41, 5.74) is 0. The number of carbonyl (C=O) groups excluding carboxylic acids is 2. The number of hydrogen-bond donors (Lipinski definition) is 1. The first-order chi connectivity index (χ1) is 24.5. The molecule has 0 aromatic carbocycles. The van der Waals surface area contributed by atoms with Gasteiger partial charge in [0.1, 0.15) is 6.10 Å². The fourth-order valence-corrected chi connectivity index (χ4v) is 6.97. The second kappa shape index (κ2) is 34.4. The smallest absolute Gasteiger partial charge is 0.307 e. The van der Waals surface area contributed by atoms with Crippen molar-refractivity contribution < 1.29 is 19.1 Å². The molecule has 0 spiro atoms. The Labute approximate surface area is 310 Å². The quantitative estimate of drug-likeness (QED) is 0.0409. The first-order valence-corrected chi connectivity index (χ1v) is 21.6. The van der Waals surface area contributed by atoms with Crippen molar-refractivity contribution in [3.05, 3.63) is 24.3 Å². The van der Waals surface area contributed by atoms with Gasteiger partial charge >= 0.3 is 11.9 Å². The number of carbonyl (C=O) groups is 2. The minimum Gasteiger partial charge on any atom is -0.461 e. The predicted octanol–water partition coefficient (Wildman–Crippen LogP) is 12.2. The Bertz CT molecular complexity index is 776. The largest absolute Gasteiger partial charge is 0.461 e. The molecule has 1 heterocycles. The van der Waals surface area contributed by atoms with Crippen molar-refractivity contribution in [3.8, 4) is 0 Å². The van der Waals surface area contributed by atoms with Gasteiger partial charge in [0.2, 0.25) is 0 Å². The highest BCUT2D eigenvalue weighted by Crippen LogP contribution is 2.18. The van der Waals surface area contributed by atoms with E-state index >= 15 is 0 Å². The van der Waals surface area contributed by atoms with Crippen molar-refractivity contribution in [2.45, 2.75) is 226 Å². The summed E-state index contributed by atoms with van der Waals surface area (Å²) in [5.74, 6) is -0.240. The molecule has 0 aromatic rings. The van der Waals surface area contributed by atoms with Crippen LogP contribution in [0.25, 0.3) is 0 Å². The van der Waals surface area contributed by atoms with E-state index in [1.54, 1.807) is 0 Å². The number of rotatable bonds is 34. The van der Waals surface area contributed by atoms with Crippen molar-refractivity contribution in [2.75, 3.05) is 19.6 Å². The molecule has 0 bridgehead atoms. The van der Waals surface area contributed by atoms with Gasteiger partial charge in [0.05, 0.1) is 6.04 Å². The number of hydrogen-bond acceptors (Lipinski definition) is 6. The normalized spacial score (nSPS) is 16.7. The van der Waals surface area contributed by atoms with Crippen molar-refractivity contribution in [3.63, 3.8) is 0 Å². The van der Waals surface area contributed by atoms with E-state index in [1.807, 2.05) is 13.8 Å². The van der Waals surface area contributed by atoms with E-state index in [0.29, 0.717) is 12.8 Å². The summed E-state index contributed by atoms with van der Waals surface area (Å²) in [6, 6.07) is -0.00976. The molecule has 1 rings (SSSR count). The Morgan fingerprint density at radius 2 is 0.960 bits per heavy atom. The van der Waals surface area contributed by atoms with Crippen LogP contribution in [-0.2, 0) is 19.1 Å². The summed E-state index contributed by atoms with van der Waals surface area (Å²) < 4.78 is 11.7. The molecule has 0 radical (unpaired) electrons. The average molecular weight is 703 g/mol. The van der Waals surface area contributed by atoms with Crippen LogP contribution < -0.4 is 5.32 Å². The summed E-state index contributed by atoms with van der Waals surface area (Å²) in [6.45, 7) is 10.8. The molecule has 3 unspecified atom stereocenters. The molecule has 1 aliphatic heterocycles. The zero-order valence-electron chi connectivity index (χ0n) is 33.5. The van der Waals surface area contributed by atoms with Crippen LogP contribution in [0.15, 0.2) is 24.3 Å². The lowest BCUT2D eigenvalue weighted by Gasteiger charge is -2.41. The summed E-state index contributed by atoms with van der Waals surface area (Å²) >= 11 is 0. The molecule has 1 aliphatic rings. The van der Waals surface area contributed by atoms with E-state index in [-0.39, 0.29) is 30.3 Å². The zero-order chi connectivity index (χ0) is 36.3. The fraction of sp³-hybridized carbons (Fsp3) is 0.864. The second-order valence-electron chi connectivity index (χ2n) is 15.0. The number of ether oxygens (including phenoxy) is 2. The molecule has 6 heteroatoms. The molecule has 1 N–H and O–H groups in total. The Morgan fingerprint density at radius 1 is 0.580 bits per heavy atom. The number of esters is 2. The van der Waals surface area contributed by atoms with Crippen molar-refractivity contribution in [1.29, 1.82) is 0 Å². The Hall–Kier alpha value is -1.66. The summed E-state index contributed by atoms with van der Waals surface area (Å²) in [5, 5.41) is 3.43. The first-order valence-electron chi connectivity index (χ1n) is 21.6. The molecule has 0 aromatic heterocycles. The molecule has 1 saturated heterocycles. The van der Waals surface area contributed by atoms with E-state index in [2.05, 4.69) is 48.4 Å². The summed E-state index contributed by atoms with van der Waals surface area (Å²) in [4.78, 5) is 27.5. The van der Waals surface area contributed by atoms with Crippen LogP contribution in [0.5, 0.6) is 0 Å². The van der Waals surface area contributed by atoms with Crippen molar-refractivity contribution >= 4 is 11.9 Å². The Balaban J connectivity index is 2.11. The van der Waals surface area contributed by atoms with Gasteiger partial charge in [-0.3, -0.25) is 14.5 Å². The third-order valence-corrected chi connectivity index (χ3v) is 10.2. The van der Waals surface area contributed by atoms with Gasteiger partial charge in [0.25, 0.3) is 0 Å². The van der Waals surface area contributed by atoms with Crippen molar-refractivity contribution in [2.24, 2.45) is 0 Å². The molecule has 3 atom stereocenters. The van der Waals surface area contributed by atoms with Gasteiger partial charge < -0.3 is 14.8 Å². The lowest BCUT2D eigenvalue weighted by Crippen LogP contribution is -2.59. The van der Waals surface area contributed by atoms with Crippen LogP contribution in [0.3, 0.4) is 0 Å². The Kier molecular flexibility index (Phi) is 31.9. The molecule has 0 saturated carbocycles. The minimum absolute atomic E-state index is 0.00976. The van der Waals surface area contributed by atoms with Crippen LogP contribution in [0.4, 0.5) is 0 Å². The molecule has 0 aliphatic carbocycles. The number of piperazine rings is 1. The lowest BCUT2D eigenvalue weighted by molar-refractivity contribution is -0.169. The molecular formula is C44H82N2O4. The van der Waals surface area contributed by atoms with Gasteiger partial charge in [-0.1, -0.05) is 141 Å². The van der Waals surface area contributed by atoms with Gasteiger partial charge in [-0.15, -0.1) is 0 Å². The second-order valence-corrected chi connectivity index (χ2v) is 15.0. The SMILES string of the molecule is CCCCCCCCC=CCCCCCCCC(=O)OC(C)C1CNCCN1C(C)OC(=O)CCCCCCC/C=C\CCCCCCCC. The van der Waals surface area contributed by atoms with Gasteiger partial charge in [0.15, 0.2) is 6.23 Å². The number of unbranched alkanes of at least 4 members (excludes halogenated alkanes) is 22. The molecule has 50 heavy (non-hydrogen) atoms. The van der Waals surface area contributed by atoms with Gasteiger partial charge in [0, 0.05) is 32.5 Å². The standard InChI is InChI=1S/C44H82N2O4/c1-5-7-9-11-13-15-17-19-21-23-25-27-29-31-33-35-43(47)49-40(3)42-39-45-37-38-46(42)41(4)50-44(48)36-34-32-30-28-26-24-22-20-18-16-14-12-10-8-6-2/h19-22,40-42,45H,5-18,23-39H2,1-4H3/b21-19?,22-20-. The Morgan fingerprint density at radius 3 is 1.40 bits per heavy atom. The number of nitrogens with zero attached hydrogens (tertiary/aromatic N) is 1. The number of allylic oxidation sites excluding steroid dienone is 4. The minimum atomic E-state index is -0.329. The monoisotopic (exact) mass is 703 g/mol. The maximum absolute atomic E-state index is 12.6. The highest BCUT2D eigenvalue weighted by atomic mass is 16.6. The van der Waals surface area contributed by atoms with Crippen LogP contribution in [-0.4, -0.2) is 54.8 Å². The lowest BCUT2D eigenvalue weighted by atomic mass is 10.1. The van der Waals surface area contributed by atoms with Gasteiger partial charge in [-0.25, -0.2) is 0 Å². The van der Waals surface area contributed by atoms with E-state index in [1.165, 1.54) is 141 Å². The third kappa shape index (κ3) is 27.1. The van der Waals surface area contributed by atoms with E-state index in [4.69, 9.17) is 9.47 Å². The van der Waals surface area contributed by atoms with Crippen LogP contribution in [0.1, 0.15) is 207 Å². The summed E-state index contributed by atoms with van der Waals surface area (Å²) in [7, 11) is 0. The number of nitrogens with one attached hydrogen (secondary N) is 1. The molecular weight excluding hydrogens is 620 g/mol. The average Bonchev–Trinajstić information content (AvgIpc) is 3.11. The topological polar surface area (TPSA) is 67.9 Å². The third-order valence-electron chi connectivity index (χ3n) is 10.2. The van der Waals surface area contributed by atoms with Crippen LogP contribution >= 0.6 is 0 Å². The first kappa shape index (κ1) is 46.4. The van der Waals surface area contributed by atoms with Crippen molar-refractivity contribution in [1.82, 2.24) is 10.2 Å². The molecule has 6 nitrogen and oxygen atoms in total. The van der Waals surface area contributed by atoms with Gasteiger partial charge in [-0.05, 0) is 78.1 Å². The van der Waals surface area contributed by atoms with E-state index in [9.17, 15) is 9.59 Å². The summed E-state index contributed by atoms with van der Waals surface area (Å²) in [6.07, 6.45) is 42.1. The highest BCUT2D eigenvalue weighted by molar-refractivity contribution is 5.70.